The highest BCUT2D eigenvalue weighted by atomic mass is 35.5. The fraction of sp³-hybridized carbons (Fsp3) is 0.462. The van der Waals surface area contributed by atoms with Crippen LogP contribution < -0.4 is 10.2 Å². The Balaban J connectivity index is 0.00000144. The van der Waals surface area contributed by atoms with Crippen molar-refractivity contribution in [1.82, 2.24) is 5.32 Å². The number of hydrogen-bond donors (Lipinski definition) is 1. The van der Waals surface area contributed by atoms with Crippen molar-refractivity contribution < 1.29 is 4.79 Å². The van der Waals surface area contributed by atoms with Crippen molar-refractivity contribution in [3.63, 3.8) is 0 Å². The third-order valence-electron chi connectivity index (χ3n) is 3.08. The number of amides is 1. The number of nitrogens with one attached hydrogen (secondary N) is 1. The number of anilines is 1. The molecule has 0 bridgehead atoms. The number of halogens is 1. The molecule has 1 heterocycles. The van der Waals surface area contributed by atoms with E-state index in [-0.39, 0.29) is 24.4 Å². The number of hydrogen-bond acceptors (Lipinski definition) is 2. The van der Waals surface area contributed by atoms with E-state index in [4.69, 9.17) is 0 Å². The molecule has 1 atom stereocenters. The maximum absolute atomic E-state index is 12.1. The minimum absolute atomic E-state index is 0. The molecule has 0 unspecified atom stereocenters. The number of benzene rings is 1. The van der Waals surface area contributed by atoms with Gasteiger partial charge in [-0.25, -0.2) is 0 Å². The van der Waals surface area contributed by atoms with Crippen LogP contribution >= 0.6 is 12.4 Å². The summed E-state index contributed by atoms with van der Waals surface area (Å²) in [6.07, 6.45) is 2.05. The first-order chi connectivity index (χ1) is 7.68. The number of nitrogens with zero attached hydrogens (tertiary/aromatic N) is 1. The summed E-state index contributed by atoms with van der Waals surface area (Å²) in [6.45, 7) is 2.99. The Morgan fingerprint density at radius 1 is 1.47 bits per heavy atom. The molecular weight excluding hydrogens is 236 g/mol. The molecule has 1 amide bonds. The monoisotopic (exact) mass is 254 g/mol. The molecule has 1 aliphatic rings. The summed E-state index contributed by atoms with van der Waals surface area (Å²) in [5, 5.41) is 3.23. The Morgan fingerprint density at radius 3 is 2.82 bits per heavy atom. The predicted molar refractivity (Wildman–Crippen MR) is 72.9 cm³/mol. The first-order valence-corrected chi connectivity index (χ1v) is 5.76. The molecule has 17 heavy (non-hydrogen) atoms. The summed E-state index contributed by atoms with van der Waals surface area (Å²) in [4.78, 5) is 13.9. The summed E-state index contributed by atoms with van der Waals surface area (Å²) < 4.78 is 0. The van der Waals surface area contributed by atoms with Crippen LogP contribution in [0.25, 0.3) is 0 Å². The second kappa shape index (κ2) is 6.03. The second-order valence-electron chi connectivity index (χ2n) is 4.39. The lowest BCUT2D eigenvalue weighted by Gasteiger charge is -2.21. The Morgan fingerprint density at radius 2 is 2.24 bits per heavy atom. The minimum Gasteiger partial charge on any atom is -0.314 e. The molecule has 0 aliphatic carbocycles. The summed E-state index contributed by atoms with van der Waals surface area (Å²) in [7, 11) is 1.84. The first kappa shape index (κ1) is 14.0. The molecule has 94 valence electrons. The standard InChI is InChI=1S/C13H18N2O.ClH/c1-10-5-3-6-11(9-10)15(2)13(16)12-7-4-8-14-12;/h3,5-6,9,12,14H,4,7-8H2,1-2H3;1H/t12-;/m0./s1. The maximum Gasteiger partial charge on any atom is 0.243 e. The van der Waals surface area contributed by atoms with Crippen LogP contribution in [-0.2, 0) is 4.79 Å². The molecule has 3 nitrogen and oxygen atoms in total. The van der Waals surface area contributed by atoms with E-state index in [0.717, 1.165) is 25.1 Å². The van der Waals surface area contributed by atoms with Gasteiger partial charge in [0.2, 0.25) is 5.91 Å². The number of aryl methyl sites for hydroxylation is 1. The summed E-state index contributed by atoms with van der Waals surface area (Å²) in [6, 6.07) is 8.03. The lowest BCUT2D eigenvalue weighted by molar-refractivity contribution is -0.119. The van der Waals surface area contributed by atoms with Gasteiger partial charge in [0.15, 0.2) is 0 Å². The van der Waals surface area contributed by atoms with Gasteiger partial charge in [0, 0.05) is 12.7 Å². The maximum atomic E-state index is 12.1. The molecule has 4 heteroatoms. The van der Waals surface area contributed by atoms with Gasteiger partial charge in [0.25, 0.3) is 0 Å². The molecule has 2 rings (SSSR count). The zero-order chi connectivity index (χ0) is 11.5. The molecule has 0 saturated carbocycles. The summed E-state index contributed by atoms with van der Waals surface area (Å²) in [5.41, 5.74) is 2.15. The fourth-order valence-corrected chi connectivity index (χ4v) is 2.09. The third kappa shape index (κ3) is 3.20. The van der Waals surface area contributed by atoms with Gasteiger partial charge >= 0.3 is 0 Å². The van der Waals surface area contributed by atoms with Crippen molar-refractivity contribution in [2.75, 3.05) is 18.5 Å². The Hall–Kier alpha value is -1.06. The topological polar surface area (TPSA) is 32.3 Å². The van der Waals surface area contributed by atoms with Crippen molar-refractivity contribution in [3.8, 4) is 0 Å². The van der Waals surface area contributed by atoms with Gasteiger partial charge in [-0.15, -0.1) is 12.4 Å². The van der Waals surface area contributed by atoms with E-state index in [9.17, 15) is 4.79 Å². The number of rotatable bonds is 2. The van der Waals surface area contributed by atoms with Crippen LogP contribution in [-0.4, -0.2) is 25.5 Å². The van der Waals surface area contributed by atoms with Crippen LogP contribution in [0.15, 0.2) is 24.3 Å². The Bertz CT molecular complexity index is 389. The Kier molecular flexibility index (Phi) is 4.97. The highest BCUT2D eigenvalue weighted by molar-refractivity contribution is 5.96. The predicted octanol–water partition coefficient (Wildman–Crippen LogP) is 2.13. The summed E-state index contributed by atoms with van der Waals surface area (Å²) in [5.74, 6) is 0.170. The normalized spacial score (nSPS) is 18.6. The van der Waals surface area contributed by atoms with Crippen LogP contribution in [0.1, 0.15) is 18.4 Å². The molecule has 0 spiro atoms. The quantitative estimate of drug-likeness (QED) is 0.877. The highest BCUT2D eigenvalue weighted by Gasteiger charge is 2.25. The van der Waals surface area contributed by atoms with Gasteiger partial charge in [-0.3, -0.25) is 4.79 Å². The van der Waals surface area contributed by atoms with Crippen molar-refractivity contribution in [2.24, 2.45) is 0 Å². The van der Waals surface area contributed by atoms with Crippen LogP contribution in [0.2, 0.25) is 0 Å². The van der Waals surface area contributed by atoms with Crippen molar-refractivity contribution in [1.29, 1.82) is 0 Å². The van der Waals surface area contributed by atoms with E-state index in [2.05, 4.69) is 5.32 Å². The van der Waals surface area contributed by atoms with E-state index >= 15 is 0 Å². The van der Waals surface area contributed by atoms with Gasteiger partial charge < -0.3 is 10.2 Å². The number of carbonyl (C=O) groups excluding carboxylic acids is 1. The first-order valence-electron chi connectivity index (χ1n) is 5.76. The average molecular weight is 255 g/mol. The van der Waals surface area contributed by atoms with Crippen LogP contribution in [0.4, 0.5) is 5.69 Å². The highest BCUT2D eigenvalue weighted by Crippen LogP contribution is 2.17. The van der Waals surface area contributed by atoms with Gasteiger partial charge in [-0.2, -0.15) is 0 Å². The van der Waals surface area contributed by atoms with E-state index in [0.29, 0.717) is 0 Å². The molecule has 1 N–H and O–H groups in total. The molecular formula is C13H19ClN2O. The van der Waals surface area contributed by atoms with Crippen molar-refractivity contribution in [2.45, 2.75) is 25.8 Å². The van der Waals surface area contributed by atoms with Gasteiger partial charge in [0.05, 0.1) is 6.04 Å². The summed E-state index contributed by atoms with van der Waals surface area (Å²) >= 11 is 0. The van der Waals surface area contributed by atoms with Crippen LogP contribution in [0.3, 0.4) is 0 Å². The minimum atomic E-state index is 0. The van der Waals surface area contributed by atoms with E-state index in [1.165, 1.54) is 5.56 Å². The zero-order valence-corrected chi connectivity index (χ0v) is 11.1. The molecule has 1 fully saturated rings. The molecule has 0 aromatic heterocycles. The second-order valence-corrected chi connectivity index (χ2v) is 4.39. The Labute approximate surface area is 109 Å². The van der Waals surface area contributed by atoms with Gasteiger partial charge in [0.1, 0.15) is 0 Å². The molecule has 1 aromatic carbocycles. The van der Waals surface area contributed by atoms with E-state index in [1.807, 2.05) is 38.2 Å². The lowest BCUT2D eigenvalue weighted by atomic mass is 10.1. The van der Waals surface area contributed by atoms with Gasteiger partial charge in [-0.1, -0.05) is 12.1 Å². The lowest BCUT2D eigenvalue weighted by Crippen LogP contribution is -2.41. The van der Waals surface area contributed by atoms with Gasteiger partial charge in [-0.05, 0) is 44.0 Å². The van der Waals surface area contributed by atoms with E-state index < -0.39 is 0 Å². The van der Waals surface area contributed by atoms with Crippen LogP contribution in [0, 0.1) is 6.92 Å². The number of carbonyl (C=O) groups is 1. The number of likely N-dealkylation sites (N-methyl/N-ethyl adjacent to an activating group) is 1. The van der Waals surface area contributed by atoms with Crippen LogP contribution in [0.5, 0.6) is 0 Å². The molecule has 1 aliphatic heterocycles. The zero-order valence-electron chi connectivity index (χ0n) is 10.3. The molecule has 0 radical (unpaired) electrons. The van der Waals surface area contributed by atoms with E-state index in [1.54, 1.807) is 4.90 Å². The average Bonchev–Trinajstić information content (AvgIpc) is 2.80. The largest absolute Gasteiger partial charge is 0.314 e. The van der Waals surface area contributed by atoms with Crippen molar-refractivity contribution >= 4 is 24.0 Å². The SMILES string of the molecule is Cc1cccc(N(C)C(=O)[C@@H]2CCCN2)c1.Cl. The molecule has 1 aromatic rings. The smallest absolute Gasteiger partial charge is 0.243 e. The fourth-order valence-electron chi connectivity index (χ4n) is 2.09. The third-order valence-corrected chi connectivity index (χ3v) is 3.08. The molecule has 1 saturated heterocycles. The van der Waals surface area contributed by atoms with Crippen molar-refractivity contribution in [3.05, 3.63) is 29.8 Å².